The Balaban J connectivity index is 2.35. The summed E-state index contributed by atoms with van der Waals surface area (Å²) in [5, 5.41) is 2.53. The molecule has 1 saturated carbocycles. The molecule has 0 aromatic heterocycles. The van der Waals surface area contributed by atoms with Crippen LogP contribution in [0, 0.1) is 5.92 Å². The summed E-state index contributed by atoms with van der Waals surface area (Å²) >= 11 is 0. The van der Waals surface area contributed by atoms with E-state index in [1.807, 2.05) is 6.08 Å². The van der Waals surface area contributed by atoms with Crippen LogP contribution in [-0.4, -0.2) is 31.4 Å². The van der Waals surface area contributed by atoms with E-state index in [9.17, 15) is 4.79 Å². The van der Waals surface area contributed by atoms with Gasteiger partial charge < -0.3 is 10.2 Å². The average Bonchev–Trinajstić information content (AvgIpc) is 2.63. The summed E-state index contributed by atoms with van der Waals surface area (Å²) in [7, 11) is 4.26. The van der Waals surface area contributed by atoms with Crippen LogP contribution in [-0.2, 0) is 4.79 Å². The minimum absolute atomic E-state index is 0.627. The molecule has 84 valence electrons. The van der Waals surface area contributed by atoms with Gasteiger partial charge in [-0.2, -0.15) is 0 Å². The average molecular weight is 208 g/mol. The Kier molecular flexibility index (Phi) is 4.56. The van der Waals surface area contributed by atoms with Crippen molar-refractivity contribution in [2.75, 3.05) is 14.1 Å². The van der Waals surface area contributed by atoms with Crippen LogP contribution in [0.2, 0.25) is 0 Å². The SMILES string of the molecule is C=C(/C=C/C1CCC(N(C)C)C1)NC=O. The zero-order chi connectivity index (χ0) is 11.3. The number of nitrogens with zero attached hydrogens (tertiary/aromatic N) is 1. The van der Waals surface area contributed by atoms with Gasteiger partial charge in [0.15, 0.2) is 0 Å². The summed E-state index contributed by atoms with van der Waals surface area (Å²) in [5.74, 6) is 0.627. The molecule has 1 amide bonds. The van der Waals surface area contributed by atoms with Gasteiger partial charge in [-0.05, 0) is 45.4 Å². The highest BCUT2D eigenvalue weighted by Gasteiger charge is 2.23. The third-order valence-corrected chi connectivity index (χ3v) is 2.99. The second kappa shape index (κ2) is 5.71. The molecule has 1 fully saturated rings. The second-order valence-corrected chi connectivity index (χ2v) is 4.34. The lowest BCUT2D eigenvalue weighted by atomic mass is 10.1. The molecule has 0 aromatic carbocycles. The second-order valence-electron chi connectivity index (χ2n) is 4.34. The van der Waals surface area contributed by atoms with Gasteiger partial charge in [0.05, 0.1) is 0 Å². The quantitative estimate of drug-likeness (QED) is 0.549. The Morgan fingerprint density at radius 2 is 2.20 bits per heavy atom. The molecule has 0 saturated heterocycles. The molecule has 1 aliphatic carbocycles. The molecule has 0 radical (unpaired) electrons. The molecule has 3 nitrogen and oxygen atoms in total. The molecular weight excluding hydrogens is 188 g/mol. The van der Waals surface area contributed by atoms with E-state index in [1.165, 1.54) is 19.3 Å². The highest BCUT2D eigenvalue weighted by molar-refractivity contribution is 5.51. The molecular formula is C12H20N2O. The maximum Gasteiger partial charge on any atom is 0.211 e. The topological polar surface area (TPSA) is 32.3 Å². The van der Waals surface area contributed by atoms with Crippen LogP contribution in [0.15, 0.2) is 24.4 Å². The molecule has 2 unspecified atom stereocenters. The van der Waals surface area contributed by atoms with Crippen LogP contribution in [0.4, 0.5) is 0 Å². The summed E-state index contributed by atoms with van der Waals surface area (Å²) < 4.78 is 0. The summed E-state index contributed by atoms with van der Waals surface area (Å²) in [6.07, 6.45) is 8.41. The smallest absolute Gasteiger partial charge is 0.211 e. The van der Waals surface area contributed by atoms with E-state index in [4.69, 9.17) is 0 Å². The van der Waals surface area contributed by atoms with Crippen LogP contribution >= 0.6 is 0 Å². The van der Waals surface area contributed by atoms with E-state index in [0.29, 0.717) is 24.1 Å². The fraction of sp³-hybridized carbons (Fsp3) is 0.583. The van der Waals surface area contributed by atoms with Gasteiger partial charge in [0, 0.05) is 11.7 Å². The number of amides is 1. The molecule has 15 heavy (non-hydrogen) atoms. The number of rotatable bonds is 5. The van der Waals surface area contributed by atoms with Gasteiger partial charge in [0.1, 0.15) is 0 Å². The summed E-state index contributed by atoms with van der Waals surface area (Å²) in [5.41, 5.74) is 0.665. The summed E-state index contributed by atoms with van der Waals surface area (Å²) in [6.45, 7) is 3.72. The third-order valence-electron chi connectivity index (χ3n) is 2.99. The van der Waals surface area contributed by atoms with Crippen LogP contribution in [0.1, 0.15) is 19.3 Å². The van der Waals surface area contributed by atoms with E-state index in [0.717, 1.165) is 0 Å². The lowest BCUT2D eigenvalue weighted by molar-refractivity contribution is -0.108. The van der Waals surface area contributed by atoms with Crippen molar-refractivity contribution in [3.63, 3.8) is 0 Å². The zero-order valence-electron chi connectivity index (χ0n) is 9.57. The lowest BCUT2D eigenvalue weighted by Crippen LogP contribution is -2.24. The van der Waals surface area contributed by atoms with Crippen molar-refractivity contribution in [3.8, 4) is 0 Å². The van der Waals surface area contributed by atoms with Crippen LogP contribution < -0.4 is 5.32 Å². The molecule has 2 atom stereocenters. The van der Waals surface area contributed by atoms with Crippen LogP contribution in [0.25, 0.3) is 0 Å². The van der Waals surface area contributed by atoms with Gasteiger partial charge in [0.25, 0.3) is 0 Å². The first kappa shape index (κ1) is 12.0. The Bertz CT molecular complexity index is 258. The minimum atomic E-state index is 0.627. The highest BCUT2D eigenvalue weighted by Crippen LogP contribution is 2.29. The minimum Gasteiger partial charge on any atom is -0.329 e. The van der Waals surface area contributed by atoms with Gasteiger partial charge in [0.2, 0.25) is 6.41 Å². The predicted octanol–water partition coefficient (Wildman–Crippen LogP) is 1.53. The van der Waals surface area contributed by atoms with Gasteiger partial charge in [-0.3, -0.25) is 4.79 Å². The van der Waals surface area contributed by atoms with Gasteiger partial charge in [-0.15, -0.1) is 0 Å². The predicted molar refractivity (Wildman–Crippen MR) is 62.3 cm³/mol. The normalized spacial score (nSPS) is 26.1. The lowest BCUT2D eigenvalue weighted by Gasteiger charge is -2.18. The van der Waals surface area contributed by atoms with Gasteiger partial charge in [-0.1, -0.05) is 12.7 Å². The third kappa shape index (κ3) is 3.88. The fourth-order valence-corrected chi connectivity index (χ4v) is 2.01. The molecule has 1 aliphatic rings. The molecule has 3 heteroatoms. The Morgan fingerprint density at radius 3 is 2.73 bits per heavy atom. The molecule has 0 bridgehead atoms. The number of hydrogen-bond acceptors (Lipinski definition) is 2. The standard InChI is InChI=1S/C12H20N2O/c1-10(13-9-15)4-5-11-6-7-12(8-11)14(2)3/h4-5,9,11-12H,1,6-8H2,2-3H3,(H,13,15)/b5-4+. The van der Waals surface area contributed by atoms with E-state index in [2.05, 4.69) is 37.0 Å². The van der Waals surface area contributed by atoms with Crippen molar-refractivity contribution in [3.05, 3.63) is 24.4 Å². The van der Waals surface area contributed by atoms with E-state index >= 15 is 0 Å². The van der Waals surface area contributed by atoms with Crippen molar-refractivity contribution >= 4 is 6.41 Å². The number of allylic oxidation sites excluding steroid dienone is 2. The first-order valence-electron chi connectivity index (χ1n) is 5.37. The Labute approximate surface area is 91.8 Å². The fourth-order valence-electron chi connectivity index (χ4n) is 2.01. The largest absolute Gasteiger partial charge is 0.329 e. The van der Waals surface area contributed by atoms with Crippen molar-refractivity contribution < 1.29 is 4.79 Å². The zero-order valence-corrected chi connectivity index (χ0v) is 9.57. The number of nitrogens with one attached hydrogen (secondary N) is 1. The summed E-state index contributed by atoms with van der Waals surface area (Å²) in [6, 6.07) is 0.701. The maximum absolute atomic E-state index is 10.1. The Hall–Kier alpha value is -1.09. The van der Waals surface area contributed by atoms with E-state index in [1.54, 1.807) is 0 Å². The number of carbonyl (C=O) groups is 1. The van der Waals surface area contributed by atoms with Crippen molar-refractivity contribution in [2.45, 2.75) is 25.3 Å². The van der Waals surface area contributed by atoms with Crippen molar-refractivity contribution in [1.82, 2.24) is 10.2 Å². The van der Waals surface area contributed by atoms with E-state index in [-0.39, 0.29) is 0 Å². The summed E-state index contributed by atoms with van der Waals surface area (Å²) in [4.78, 5) is 12.4. The maximum atomic E-state index is 10.1. The molecule has 0 aromatic rings. The van der Waals surface area contributed by atoms with E-state index < -0.39 is 0 Å². The van der Waals surface area contributed by atoms with Crippen molar-refractivity contribution in [2.24, 2.45) is 5.92 Å². The van der Waals surface area contributed by atoms with Gasteiger partial charge >= 0.3 is 0 Å². The molecule has 1 N–H and O–H groups in total. The monoisotopic (exact) mass is 208 g/mol. The molecule has 0 spiro atoms. The van der Waals surface area contributed by atoms with Gasteiger partial charge in [-0.25, -0.2) is 0 Å². The van der Waals surface area contributed by atoms with Crippen LogP contribution in [0.5, 0.6) is 0 Å². The number of hydrogen-bond donors (Lipinski definition) is 1. The van der Waals surface area contributed by atoms with Crippen LogP contribution in [0.3, 0.4) is 0 Å². The molecule has 1 rings (SSSR count). The molecule has 0 heterocycles. The first-order valence-corrected chi connectivity index (χ1v) is 5.37. The first-order chi connectivity index (χ1) is 7.13. The molecule has 0 aliphatic heterocycles. The highest BCUT2D eigenvalue weighted by atomic mass is 16.1. The Morgan fingerprint density at radius 1 is 1.47 bits per heavy atom. The number of carbonyl (C=O) groups excluding carboxylic acids is 1. The van der Waals surface area contributed by atoms with Crippen molar-refractivity contribution in [1.29, 1.82) is 0 Å².